The molecule has 0 radical (unpaired) electrons. The second kappa shape index (κ2) is 11.9. The van der Waals surface area contributed by atoms with Gasteiger partial charge in [-0.05, 0) is 54.7 Å². The minimum absolute atomic E-state index is 0.0667. The predicted molar refractivity (Wildman–Crippen MR) is 130 cm³/mol. The zero-order valence-corrected chi connectivity index (χ0v) is 19.6. The Morgan fingerprint density at radius 3 is 2.28 bits per heavy atom. The Kier molecular flexibility index (Phi) is 9.00. The molecule has 2 N–H and O–H groups in total. The van der Waals surface area contributed by atoms with Crippen LogP contribution in [0.4, 0.5) is 11.4 Å². The third-order valence-corrected chi connectivity index (χ3v) is 6.57. The van der Waals surface area contributed by atoms with E-state index in [0.717, 1.165) is 5.69 Å². The zero-order chi connectivity index (χ0) is 22.9. The van der Waals surface area contributed by atoms with Crippen LogP contribution in [0.5, 0.6) is 0 Å². The summed E-state index contributed by atoms with van der Waals surface area (Å²) in [4.78, 5) is 36.3. The fourth-order valence-electron chi connectivity index (χ4n) is 3.80. The van der Waals surface area contributed by atoms with Gasteiger partial charge in [-0.2, -0.15) is 0 Å². The molecular weight excluding hydrogens is 448 g/mol. The number of thioether (sulfide) groups is 1. The molecule has 0 atom stereocenters. The Morgan fingerprint density at radius 1 is 0.969 bits per heavy atom. The number of hydrogen-bond donors (Lipinski definition) is 2. The zero-order valence-electron chi connectivity index (χ0n) is 18.0. The largest absolute Gasteiger partial charge is 0.465 e. The van der Waals surface area contributed by atoms with Crippen LogP contribution >= 0.6 is 23.4 Å². The summed E-state index contributed by atoms with van der Waals surface area (Å²) >= 11 is 7.11. The molecule has 170 valence electrons. The van der Waals surface area contributed by atoms with Crippen molar-refractivity contribution in [2.75, 3.05) is 29.2 Å². The highest BCUT2D eigenvalue weighted by Gasteiger charge is 2.16. The van der Waals surface area contributed by atoms with E-state index in [9.17, 15) is 14.4 Å². The van der Waals surface area contributed by atoms with Crippen molar-refractivity contribution < 1.29 is 19.1 Å². The highest BCUT2D eigenvalue weighted by atomic mass is 35.5. The third-order valence-electron chi connectivity index (χ3n) is 5.40. The van der Waals surface area contributed by atoms with E-state index in [2.05, 4.69) is 22.8 Å². The number of nitrogens with one attached hydrogen (secondary N) is 2. The molecule has 1 aliphatic rings. The SMILES string of the molecule is COC(=O)c1cc(Cl)ccc1NC(=O)CSCC(=O)Nc1ccc(C2CCCCC2)cc1. The van der Waals surface area contributed by atoms with Crippen LogP contribution in [-0.4, -0.2) is 36.4 Å². The summed E-state index contributed by atoms with van der Waals surface area (Å²) < 4.78 is 4.72. The number of esters is 1. The number of amides is 2. The molecule has 0 bridgehead atoms. The van der Waals surface area contributed by atoms with Gasteiger partial charge >= 0.3 is 5.97 Å². The molecule has 2 aromatic carbocycles. The van der Waals surface area contributed by atoms with Crippen molar-refractivity contribution in [2.24, 2.45) is 0 Å². The van der Waals surface area contributed by atoms with E-state index in [0.29, 0.717) is 16.6 Å². The number of halogens is 1. The molecule has 1 aliphatic carbocycles. The summed E-state index contributed by atoms with van der Waals surface area (Å²) in [5, 5.41) is 5.89. The van der Waals surface area contributed by atoms with Gasteiger partial charge in [-0.3, -0.25) is 9.59 Å². The first-order valence-electron chi connectivity index (χ1n) is 10.6. The molecule has 0 spiro atoms. The molecule has 0 unspecified atom stereocenters. The van der Waals surface area contributed by atoms with E-state index in [1.54, 1.807) is 12.1 Å². The maximum absolute atomic E-state index is 12.2. The third kappa shape index (κ3) is 7.00. The fourth-order valence-corrected chi connectivity index (χ4v) is 4.59. The van der Waals surface area contributed by atoms with E-state index < -0.39 is 5.97 Å². The molecule has 6 nitrogen and oxygen atoms in total. The predicted octanol–water partition coefficient (Wildman–Crippen LogP) is 5.48. The summed E-state index contributed by atoms with van der Waals surface area (Å²) in [5.41, 5.74) is 2.58. The van der Waals surface area contributed by atoms with Gasteiger partial charge in [0.25, 0.3) is 0 Å². The van der Waals surface area contributed by atoms with Crippen molar-refractivity contribution in [1.82, 2.24) is 0 Å². The number of carbonyl (C=O) groups excluding carboxylic acids is 3. The maximum atomic E-state index is 12.2. The molecule has 3 rings (SSSR count). The van der Waals surface area contributed by atoms with Crippen LogP contribution in [-0.2, 0) is 14.3 Å². The van der Waals surface area contributed by atoms with E-state index in [1.165, 1.54) is 62.6 Å². The molecule has 1 fully saturated rings. The summed E-state index contributed by atoms with van der Waals surface area (Å²) in [5.74, 6) is -0.256. The average molecular weight is 475 g/mol. The summed E-state index contributed by atoms with van der Waals surface area (Å²) in [7, 11) is 1.26. The monoisotopic (exact) mass is 474 g/mol. The van der Waals surface area contributed by atoms with Gasteiger partial charge in [-0.15, -0.1) is 11.8 Å². The van der Waals surface area contributed by atoms with Crippen molar-refractivity contribution in [3.05, 3.63) is 58.6 Å². The molecule has 0 aromatic heterocycles. The van der Waals surface area contributed by atoms with Crippen LogP contribution < -0.4 is 10.6 Å². The van der Waals surface area contributed by atoms with Gasteiger partial charge in [-0.1, -0.05) is 43.0 Å². The molecule has 0 aliphatic heterocycles. The van der Waals surface area contributed by atoms with Gasteiger partial charge in [0, 0.05) is 10.7 Å². The highest BCUT2D eigenvalue weighted by molar-refractivity contribution is 8.00. The lowest BCUT2D eigenvalue weighted by atomic mass is 9.84. The normalized spacial score (nSPS) is 13.9. The topological polar surface area (TPSA) is 84.5 Å². The molecule has 2 aromatic rings. The Bertz CT molecular complexity index is 959. The second-order valence-electron chi connectivity index (χ2n) is 7.73. The Hall–Kier alpha value is -2.51. The number of anilines is 2. The average Bonchev–Trinajstić information content (AvgIpc) is 2.80. The molecular formula is C24H27ClN2O4S. The van der Waals surface area contributed by atoms with Crippen molar-refractivity contribution >= 4 is 52.5 Å². The smallest absolute Gasteiger partial charge is 0.340 e. The number of rotatable bonds is 8. The van der Waals surface area contributed by atoms with Crippen LogP contribution in [0.25, 0.3) is 0 Å². The van der Waals surface area contributed by atoms with Crippen LogP contribution in [0.15, 0.2) is 42.5 Å². The first kappa shape index (κ1) is 24.1. The molecule has 1 saturated carbocycles. The van der Waals surface area contributed by atoms with Crippen LogP contribution in [0.2, 0.25) is 5.02 Å². The van der Waals surface area contributed by atoms with Gasteiger partial charge in [0.15, 0.2) is 0 Å². The number of ether oxygens (including phenoxy) is 1. The fraction of sp³-hybridized carbons (Fsp3) is 0.375. The van der Waals surface area contributed by atoms with Crippen LogP contribution in [0.1, 0.15) is 53.9 Å². The molecule has 0 saturated heterocycles. The Labute approximate surface area is 197 Å². The molecule has 2 amide bonds. The standard InChI is InChI=1S/C24H27ClN2O4S/c1-31-24(30)20-13-18(25)9-12-21(20)27-23(29)15-32-14-22(28)26-19-10-7-17(8-11-19)16-5-3-2-4-6-16/h7-13,16H,2-6,14-15H2,1H3,(H,26,28)(H,27,29). The number of carbonyl (C=O) groups is 3. The summed E-state index contributed by atoms with van der Waals surface area (Å²) in [6.07, 6.45) is 6.38. The minimum Gasteiger partial charge on any atom is -0.465 e. The van der Waals surface area contributed by atoms with E-state index >= 15 is 0 Å². The number of hydrogen-bond acceptors (Lipinski definition) is 5. The van der Waals surface area contributed by atoms with Crippen molar-refractivity contribution in [3.8, 4) is 0 Å². The lowest BCUT2D eigenvalue weighted by molar-refractivity contribution is -0.114. The first-order valence-corrected chi connectivity index (χ1v) is 12.1. The Balaban J connectivity index is 1.44. The van der Waals surface area contributed by atoms with Gasteiger partial charge in [0.2, 0.25) is 11.8 Å². The summed E-state index contributed by atoms with van der Waals surface area (Å²) in [6, 6.07) is 12.6. The lowest BCUT2D eigenvalue weighted by Gasteiger charge is -2.22. The van der Waals surface area contributed by atoms with Gasteiger partial charge < -0.3 is 15.4 Å². The van der Waals surface area contributed by atoms with Crippen LogP contribution in [0, 0.1) is 0 Å². The van der Waals surface area contributed by atoms with E-state index in [-0.39, 0.29) is 28.9 Å². The van der Waals surface area contributed by atoms with Crippen molar-refractivity contribution in [2.45, 2.75) is 38.0 Å². The molecule has 0 heterocycles. The maximum Gasteiger partial charge on any atom is 0.340 e. The lowest BCUT2D eigenvalue weighted by Crippen LogP contribution is -2.19. The second-order valence-corrected chi connectivity index (χ2v) is 9.15. The number of methoxy groups -OCH3 is 1. The van der Waals surface area contributed by atoms with Crippen LogP contribution in [0.3, 0.4) is 0 Å². The summed E-state index contributed by atoms with van der Waals surface area (Å²) in [6.45, 7) is 0. The van der Waals surface area contributed by atoms with Gasteiger partial charge in [0.1, 0.15) is 0 Å². The van der Waals surface area contributed by atoms with E-state index in [4.69, 9.17) is 16.3 Å². The first-order chi connectivity index (χ1) is 15.5. The highest BCUT2D eigenvalue weighted by Crippen LogP contribution is 2.33. The van der Waals surface area contributed by atoms with Crippen molar-refractivity contribution in [3.63, 3.8) is 0 Å². The van der Waals surface area contributed by atoms with Gasteiger partial charge in [0.05, 0.1) is 29.9 Å². The quantitative estimate of drug-likeness (QED) is 0.494. The van der Waals surface area contributed by atoms with Crippen molar-refractivity contribution in [1.29, 1.82) is 0 Å². The Morgan fingerprint density at radius 2 is 1.62 bits per heavy atom. The molecule has 32 heavy (non-hydrogen) atoms. The van der Waals surface area contributed by atoms with Gasteiger partial charge in [-0.25, -0.2) is 4.79 Å². The number of benzene rings is 2. The minimum atomic E-state index is -0.593. The van der Waals surface area contributed by atoms with E-state index in [1.807, 2.05) is 12.1 Å². The molecule has 8 heteroatoms.